The van der Waals surface area contributed by atoms with Crippen molar-refractivity contribution in [1.82, 2.24) is 24.7 Å². The molecule has 0 aliphatic rings. The number of rotatable bonds is 4. The summed E-state index contributed by atoms with van der Waals surface area (Å²) < 4.78 is 16.2. The molecule has 0 saturated heterocycles. The normalized spacial score (nSPS) is 10.8. The van der Waals surface area contributed by atoms with Crippen molar-refractivity contribution in [3.8, 4) is 11.4 Å². The lowest BCUT2D eigenvalue weighted by Gasteiger charge is -2.09. The minimum atomic E-state index is -0.369. The first kappa shape index (κ1) is 15.0. The van der Waals surface area contributed by atoms with Gasteiger partial charge < -0.3 is 11.1 Å². The molecule has 118 valence electrons. The van der Waals surface area contributed by atoms with E-state index in [-0.39, 0.29) is 18.2 Å². The van der Waals surface area contributed by atoms with Crippen molar-refractivity contribution in [3.63, 3.8) is 0 Å². The molecule has 7 nitrogen and oxygen atoms in total. The molecule has 0 aliphatic carbocycles. The molecule has 23 heavy (non-hydrogen) atoms. The van der Waals surface area contributed by atoms with Crippen LogP contribution in [0.25, 0.3) is 11.4 Å². The number of anilines is 2. The number of halogens is 1. The molecule has 0 fully saturated rings. The summed E-state index contributed by atoms with van der Waals surface area (Å²) in [6.07, 6.45) is 4.77. The number of benzene rings is 1. The zero-order valence-electron chi connectivity index (χ0n) is 12.8. The molecule has 0 aliphatic heterocycles. The largest absolute Gasteiger partial charge is 0.326 e. The average Bonchev–Trinajstić information content (AvgIpc) is 2.95. The molecule has 3 rings (SSSR count). The zero-order valence-corrected chi connectivity index (χ0v) is 12.8. The van der Waals surface area contributed by atoms with Gasteiger partial charge in [-0.1, -0.05) is 6.07 Å². The van der Waals surface area contributed by atoms with Crippen LogP contribution in [0.15, 0.2) is 30.9 Å². The molecule has 0 radical (unpaired) electrons. The standard InChI is InChI=1S/C15H16FN7/c1-9-10(5-17)3-4-12(13(9)16)14-18-8-19-15(22-14)21-11-6-20-23(2)7-11/h3-4,6-8H,5,17H2,1-2H3,(H,18,19,21,22). The summed E-state index contributed by atoms with van der Waals surface area (Å²) in [5, 5.41) is 7.05. The predicted molar refractivity (Wildman–Crippen MR) is 84.3 cm³/mol. The molecule has 3 aromatic rings. The third-order valence-electron chi connectivity index (χ3n) is 3.49. The first-order chi connectivity index (χ1) is 11.1. The third kappa shape index (κ3) is 3.02. The summed E-state index contributed by atoms with van der Waals surface area (Å²) >= 11 is 0. The topological polar surface area (TPSA) is 94.5 Å². The second kappa shape index (κ2) is 6.09. The van der Waals surface area contributed by atoms with Gasteiger partial charge in [-0.05, 0) is 24.1 Å². The molecular weight excluding hydrogens is 297 g/mol. The van der Waals surface area contributed by atoms with E-state index in [1.165, 1.54) is 6.33 Å². The molecule has 3 N–H and O–H groups in total. The summed E-state index contributed by atoms with van der Waals surface area (Å²) in [6.45, 7) is 1.98. The second-order valence-electron chi connectivity index (χ2n) is 5.08. The Kier molecular flexibility index (Phi) is 3.98. The molecule has 2 aromatic heterocycles. The molecule has 0 unspecified atom stereocenters. The monoisotopic (exact) mass is 313 g/mol. The van der Waals surface area contributed by atoms with E-state index in [0.29, 0.717) is 17.1 Å². The first-order valence-electron chi connectivity index (χ1n) is 7.01. The summed E-state index contributed by atoms with van der Waals surface area (Å²) in [4.78, 5) is 12.4. The molecule has 0 bridgehead atoms. The van der Waals surface area contributed by atoms with Gasteiger partial charge in [0.15, 0.2) is 5.82 Å². The number of aromatic nitrogens is 5. The van der Waals surface area contributed by atoms with Crippen LogP contribution in [-0.2, 0) is 13.6 Å². The summed E-state index contributed by atoms with van der Waals surface area (Å²) in [7, 11) is 1.81. The number of hydrogen-bond acceptors (Lipinski definition) is 6. The highest BCUT2D eigenvalue weighted by atomic mass is 19.1. The maximum absolute atomic E-state index is 14.5. The van der Waals surface area contributed by atoms with Gasteiger partial charge in [0.25, 0.3) is 0 Å². The van der Waals surface area contributed by atoms with E-state index in [4.69, 9.17) is 5.73 Å². The van der Waals surface area contributed by atoms with E-state index in [1.807, 2.05) is 0 Å². The molecular formula is C15H16FN7. The van der Waals surface area contributed by atoms with Crippen LogP contribution in [-0.4, -0.2) is 24.7 Å². The van der Waals surface area contributed by atoms with Gasteiger partial charge in [-0.3, -0.25) is 4.68 Å². The molecule has 0 atom stereocenters. The van der Waals surface area contributed by atoms with Crippen LogP contribution in [0, 0.1) is 12.7 Å². The van der Waals surface area contributed by atoms with Crippen LogP contribution in [0.3, 0.4) is 0 Å². The molecule has 1 aromatic carbocycles. The van der Waals surface area contributed by atoms with Crippen LogP contribution < -0.4 is 11.1 Å². The lowest BCUT2D eigenvalue weighted by Crippen LogP contribution is -2.04. The molecule has 0 spiro atoms. The van der Waals surface area contributed by atoms with Crippen molar-refractivity contribution in [2.75, 3.05) is 5.32 Å². The molecule has 0 saturated carbocycles. The van der Waals surface area contributed by atoms with Gasteiger partial charge in [-0.25, -0.2) is 14.4 Å². The SMILES string of the molecule is Cc1c(CN)ccc(-c2ncnc(Nc3cnn(C)c3)n2)c1F. The lowest BCUT2D eigenvalue weighted by atomic mass is 10.0. The van der Waals surface area contributed by atoms with Crippen molar-refractivity contribution in [3.05, 3.63) is 47.8 Å². The van der Waals surface area contributed by atoms with Gasteiger partial charge in [-0.2, -0.15) is 10.1 Å². The van der Waals surface area contributed by atoms with Crippen LogP contribution >= 0.6 is 0 Å². The van der Waals surface area contributed by atoms with Crippen molar-refractivity contribution < 1.29 is 4.39 Å². The number of nitrogens with zero attached hydrogens (tertiary/aromatic N) is 5. The minimum Gasteiger partial charge on any atom is -0.326 e. The minimum absolute atomic E-state index is 0.260. The quantitative estimate of drug-likeness (QED) is 0.764. The fraction of sp³-hybridized carbons (Fsp3) is 0.200. The van der Waals surface area contributed by atoms with Crippen molar-refractivity contribution in [1.29, 1.82) is 0 Å². The van der Waals surface area contributed by atoms with E-state index in [1.54, 1.807) is 43.2 Å². The van der Waals surface area contributed by atoms with Gasteiger partial charge in [0.1, 0.15) is 12.1 Å². The average molecular weight is 313 g/mol. The Morgan fingerprint density at radius 1 is 1.30 bits per heavy atom. The number of nitrogens with one attached hydrogen (secondary N) is 1. The van der Waals surface area contributed by atoms with E-state index in [2.05, 4.69) is 25.4 Å². The van der Waals surface area contributed by atoms with Crippen LogP contribution in [0.5, 0.6) is 0 Å². The number of nitrogens with two attached hydrogens (primary N) is 1. The number of aryl methyl sites for hydroxylation is 1. The molecule has 2 heterocycles. The number of hydrogen-bond donors (Lipinski definition) is 2. The van der Waals surface area contributed by atoms with Gasteiger partial charge in [-0.15, -0.1) is 0 Å². The lowest BCUT2D eigenvalue weighted by molar-refractivity contribution is 0.617. The predicted octanol–water partition coefficient (Wildman–Crippen LogP) is 1.92. The third-order valence-corrected chi connectivity index (χ3v) is 3.49. The fourth-order valence-corrected chi connectivity index (χ4v) is 2.22. The summed E-state index contributed by atoms with van der Waals surface area (Å²) in [6, 6.07) is 3.42. The Balaban J connectivity index is 1.95. The Morgan fingerprint density at radius 3 is 2.83 bits per heavy atom. The summed E-state index contributed by atoms with van der Waals surface area (Å²) in [5.74, 6) is 0.213. The highest BCUT2D eigenvalue weighted by molar-refractivity contribution is 5.60. The zero-order chi connectivity index (χ0) is 16.4. The smallest absolute Gasteiger partial charge is 0.230 e. The highest BCUT2D eigenvalue weighted by Crippen LogP contribution is 2.24. The van der Waals surface area contributed by atoms with Crippen LogP contribution in [0.1, 0.15) is 11.1 Å². The van der Waals surface area contributed by atoms with Crippen molar-refractivity contribution >= 4 is 11.6 Å². The Labute approximate surface area is 132 Å². The second-order valence-corrected chi connectivity index (χ2v) is 5.08. The highest BCUT2D eigenvalue weighted by Gasteiger charge is 2.14. The van der Waals surface area contributed by atoms with E-state index >= 15 is 0 Å². The van der Waals surface area contributed by atoms with Crippen molar-refractivity contribution in [2.24, 2.45) is 12.8 Å². The summed E-state index contributed by atoms with van der Waals surface area (Å²) in [5.41, 5.74) is 7.91. The Bertz CT molecular complexity index is 844. The van der Waals surface area contributed by atoms with Crippen LogP contribution in [0.4, 0.5) is 16.0 Å². The van der Waals surface area contributed by atoms with Gasteiger partial charge in [0, 0.05) is 19.8 Å². The maximum atomic E-state index is 14.5. The van der Waals surface area contributed by atoms with E-state index in [9.17, 15) is 4.39 Å². The van der Waals surface area contributed by atoms with E-state index < -0.39 is 0 Å². The maximum Gasteiger partial charge on any atom is 0.230 e. The van der Waals surface area contributed by atoms with Gasteiger partial charge in [0.05, 0.1) is 17.4 Å². The molecule has 0 amide bonds. The Morgan fingerprint density at radius 2 is 2.13 bits per heavy atom. The van der Waals surface area contributed by atoms with Gasteiger partial charge >= 0.3 is 0 Å². The Hall–Kier alpha value is -2.87. The first-order valence-corrected chi connectivity index (χ1v) is 7.01. The molecule has 8 heteroatoms. The fourth-order valence-electron chi connectivity index (χ4n) is 2.22. The van der Waals surface area contributed by atoms with Crippen LogP contribution in [0.2, 0.25) is 0 Å². The van der Waals surface area contributed by atoms with Crippen molar-refractivity contribution in [2.45, 2.75) is 13.5 Å². The van der Waals surface area contributed by atoms with Gasteiger partial charge in [0.2, 0.25) is 5.95 Å². The van der Waals surface area contributed by atoms with E-state index in [0.717, 1.165) is 11.3 Å².